The standard InChI is InChI=1S/C75H41F12N5/c1-36-19-46(23-49(21-36)72(76,77)78)61-64-53-27-38-11-3-5-13-40(38)29-55(53)66(88-64)63(48-25-51(74(82,83)84)35-52(26-48)75(85,86)87)67-56-30-41-14-6-4-12-39(41)28-54(56)65(89-67)62(47-20-37(2)22-50(24-47)73(79,80)81)69-58-32-43-16-8-10-18-45(43)34-60(58)71(91-69)92-70-59-33-44-17-9-7-15-42(44)31-57(59)68(61)90-70/h3-35,88H,1-2H3,(H,90,91,92). The Bertz CT molecular complexity index is 5660. The van der Waals surface area contributed by atoms with Gasteiger partial charge in [-0.3, -0.25) is 0 Å². The minimum absolute atomic E-state index is 0.0132. The maximum atomic E-state index is 15.6. The zero-order valence-electron chi connectivity index (χ0n) is 47.9. The first-order valence-corrected chi connectivity index (χ1v) is 29.0. The molecule has 11 aromatic carbocycles. The third-order valence-electron chi connectivity index (χ3n) is 17.5. The van der Waals surface area contributed by atoms with E-state index in [0.717, 1.165) is 35.0 Å². The number of hydrogen-bond acceptors (Lipinski definition) is 3. The lowest BCUT2D eigenvalue weighted by Crippen LogP contribution is -2.11. The van der Waals surface area contributed by atoms with Crippen LogP contribution in [0.25, 0.3) is 165 Å². The Morgan fingerprint density at radius 1 is 0.283 bits per heavy atom. The number of aromatic amines is 2. The van der Waals surface area contributed by atoms with Crippen LogP contribution in [-0.4, -0.2) is 24.9 Å². The average molecular weight is 1240 g/mol. The molecule has 0 atom stereocenters. The number of H-pyrrole nitrogens is 2. The van der Waals surface area contributed by atoms with Crippen LogP contribution < -0.4 is 0 Å². The number of halogens is 12. The van der Waals surface area contributed by atoms with Gasteiger partial charge in [-0.05, 0) is 176 Å². The second-order valence-electron chi connectivity index (χ2n) is 23.5. The molecule has 0 aliphatic carbocycles. The molecule has 14 aromatic rings. The van der Waals surface area contributed by atoms with Crippen molar-refractivity contribution in [2.24, 2.45) is 0 Å². The van der Waals surface area contributed by atoms with Crippen LogP contribution in [-0.2, 0) is 24.7 Å². The predicted molar refractivity (Wildman–Crippen MR) is 338 cm³/mol. The Kier molecular flexibility index (Phi) is 12.2. The zero-order chi connectivity index (χ0) is 63.7. The van der Waals surface area contributed by atoms with Crippen molar-refractivity contribution in [3.63, 3.8) is 0 Å². The zero-order valence-corrected chi connectivity index (χ0v) is 47.9. The quantitative estimate of drug-likeness (QED) is 0.173. The first kappa shape index (κ1) is 56.4. The van der Waals surface area contributed by atoms with E-state index in [-0.39, 0.29) is 112 Å². The molecule has 16 rings (SSSR count). The Morgan fingerprint density at radius 3 is 0.957 bits per heavy atom. The van der Waals surface area contributed by atoms with Crippen LogP contribution >= 0.6 is 0 Å². The fraction of sp³-hybridized carbons (Fsp3) is 0.0800. The molecule has 17 heteroatoms. The molecule has 0 saturated heterocycles. The Balaban J connectivity index is 1.26. The topological polar surface area (TPSA) is 70.2 Å². The van der Waals surface area contributed by atoms with Crippen LogP contribution in [0.15, 0.2) is 200 Å². The lowest BCUT2D eigenvalue weighted by Gasteiger charge is -2.16. The summed E-state index contributed by atoms with van der Waals surface area (Å²) in [6.07, 6.45) is -20.6. The number of alkyl halides is 12. The molecule has 0 unspecified atom stereocenters. The van der Waals surface area contributed by atoms with E-state index in [9.17, 15) is 0 Å². The molecule has 0 amide bonds. The summed E-state index contributed by atoms with van der Waals surface area (Å²) in [6, 6.07) is 51.3. The smallest absolute Gasteiger partial charge is 0.353 e. The van der Waals surface area contributed by atoms with Crippen LogP contribution in [0.1, 0.15) is 33.4 Å². The number of hydrogen-bond donors (Lipinski definition) is 2. The maximum Gasteiger partial charge on any atom is 0.416 e. The summed E-state index contributed by atoms with van der Waals surface area (Å²) in [5.74, 6) is 0.0661. The van der Waals surface area contributed by atoms with Gasteiger partial charge in [0.05, 0.1) is 55.9 Å². The molecule has 450 valence electrons. The number of benzene rings is 11. The number of nitrogens with one attached hydrogen (secondary N) is 2. The van der Waals surface area contributed by atoms with Gasteiger partial charge in [0.15, 0.2) is 5.82 Å². The summed E-state index contributed by atoms with van der Waals surface area (Å²) in [5, 5.41) is 6.49. The largest absolute Gasteiger partial charge is 0.416 e. The monoisotopic (exact) mass is 1240 g/mol. The fourth-order valence-corrected chi connectivity index (χ4v) is 13.4. The fourth-order valence-electron chi connectivity index (χ4n) is 13.4. The molecule has 2 aliphatic heterocycles. The van der Waals surface area contributed by atoms with Crippen molar-refractivity contribution in [1.82, 2.24) is 24.9 Å². The number of aromatic nitrogens is 5. The SMILES string of the molecule is Cc1cc(-c2c3nc(c(-c4cc(C(F)(F)F)cc(C(F)(F)F)c4)c4[nH]c(c(-c5cc(C)cc(C(F)(F)F)c5)c5nc(nc6[nH]c2c2cc7ccccc7cc62)-c2cc6ccccc6cc2-5)c2cc5ccccc5cc42)-c2cc4ccccc4cc2-3)cc(C(F)(F)F)c1. The molecule has 3 aromatic heterocycles. The number of rotatable bonds is 3. The normalized spacial score (nSPS) is 12.9. The molecule has 5 heterocycles. The van der Waals surface area contributed by atoms with E-state index in [1.165, 1.54) is 13.8 Å². The molecule has 0 saturated carbocycles. The second-order valence-corrected chi connectivity index (χ2v) is 23.5. The van der Waals surface area contributed by atoms with E-state index in [1.54, 1.807) is 84.9 Å². The average Bonchev–Trinajstić information content (AvgIpc) is 1.55. The van der Waals surface area contributed by atoms with Crippen LogP contribution in [0, 0.1) is 13.8 Å². The first-order chi connectivity index (χ1) is 43.9. The summed E-state index contributed by atoms with van der Waals surface area (Å²) in [4.78, 5) is 23.2. The summed E-state index contributed by atoms with van der Waals surface area (Å²) in [5.41, 5.74) is -4.48. The van der Waals surface area contributed by atoms with Gasteiger partial charge in [0.1, 0.15) is 5.65 Å². The highest BCUT2D eigenvalue weighted by Gasteiger charge is 2.40. The molecule has 8 bridgehead atoms. The van der Waals surface area contributed by atoms with Gasteiger partial charge < -0.3 is 9.97 Å². The summed E-state index contributed by atoms with van der Waals surface area (Å²) in [6.45, 7) is 3.00. The predicted octanol–water partition coefficient (Wildman–Crippen LogP) is 23.0. The van der Waals surface area contributed by atoms with Crippen molar-refractivity contribution in [3.8, 4) is 78.5 Å². The van der Waals surface area contributed by atoms with Gasteiger partial charge in [0, 0.05) is 60.5 Å². The molecule has 0 radical (unpaired) electrons. The number of aryl methyl sites for hydroxylation is 2. The highest BCUT2D eigenvalue weighted by atomic mass is 19.4. The molecular weight excluding hydrogens is 1200 g/mol. The van der Waals surface area contributed by atoms with Crippen molar-refractivity contribution in [2.45, 2.75) is 38.6 Å². The van der Waals surface area contributed by atoms with Gasteiger partial charge in [0.25, 0.3) is 0 Å². The van der Waals surface area contributed by atoms with Crippen LogP contribution in [0.5, 0.6) is 0 Å². The lowest BCUT2D eigenvalue weighted by molar-refractivity contribution is -0.143. The molecule has 0 spiro atoms. The van der Waals surface area contributed by atoms with E-state index in [0.29, 0.717) is 66.3 Å². The molecule has 5 nitrogen and oxygen atoms in total. The van der Waals surface area contributed by atoms with Crippen LogP contribution in [0.4, 0.5) is 52.7 Å². The van der Waals surface area contributed by atoms with Crippen molar-refractivity contribution < 1.29 is 52.7 Å². The van der Waals surface area contributed by atoms with Crippen LogP contribution in [0.3, 0.4) is 0 Å². The van der Waals surface area contributed by atoms with Gasteiger partial charge in [-0.1, -0.05) is 109 Å². The lowest BCUT2D eigenvalue weighted by atomic mass is 9.90. The Labute approximate surface area is 512 Å². The van der Waals surface area contributed by atoms with Gasteiger partial charge in [-0.15, -0.1) is 0 Å². The summed E-state index contributed by atoms with van der Waals surface area (Å²) in [7, 11) is 0. The van der Waals surface area contributed by atoms with Crippen LogP contribution in [0.2, 0.25) is 0 Å². The van der Waals surface area contributed by atoms with Crippen molar-refractivity contribution >= 4 is 86.8 Å². The third kappa shape index (κ3) is 9.22. The van der Waals surface area contributed by atoms with E-state index in [2.05, 4.69) is 9.97 Å². The van der Waals surface area contributed by atoms with Gasteiger partial charge in [-0.25, -0.2) is 15.0 Å². The first-order valence-electron chi connectivity index (χ1n) is 29.0. The highest BCUT2D eigenvalue weighted by molar-refractivity contribution is 6.23. The van der Waals surface area contributed by atoms with Crippen molar-refractivity contribution in [1.29, 1.82) is 0 Å². The minimum atomic E-state index is -5.38. The van der Waals surface area contributed by atoms with Crippen molar-refractivity contribution in [3.05, 3.63) is 234 Å². The van der Waals surface area contributed by atoms with Gasteiger partial charge in [-0.2, -0.15) is 52.7 Å². The molecule has 2 N–H and O–H groups in total. The van der Waals surface area contributed by atoms with Gasteiger partial charge >= 0.3 is 24.7 Å². The Hall–Kier alpha value is -10.8. The third-order valence-corrected chi connectivity index (χ3v) is 17.5. The van der Waals surface area contributed by atoms with Crippen molar-refractivity contribution in [2.75, 3.05) is 0 Å². The van der Waals surface area contributed by atoms with E-state index in [1.807, 2.05) is 72.8 Å². The molecule has 92 heavy (non-hydrogen) atoms. The molecular formula is C75H41F12N5. The summed E-state index contributed by atoms with van der Waals surface area (Å²) >= 11 is 0. The molecule has 2 aliphatic rings. The second kappa shape index (κ2) is 19.8. The van der Waals surface area contributed by atoms with E-state index < -0.39 is 52.5 Å². The summed E-state index contributed by atoms with van der Waals surface area (Å²) < 4.78 is 186. The number of fused-ring (bicyclic) bond motifs is 24. The molecule has 0 fully saturated rings. The minimum Gasteiger partial charge on any atom is -0.353 e. The Morgan fingerprint density at radius 2 is 0.576 bits per heavy atom. The van der Waals surface area contributed by atoms with E-state index in [4.69, 9.17) is 15.0 Å². The highest BCUT2D eigenvalue weighted by Crippen LogP contribution is 2.54. The van der Waals surface area contributed by atoms with Gasteiger partial charge in [0.2, 0.25) is 0 Å². The maximum absolute atomic E-state index is 15.6. The number of nitrogens with zero attached hydrogens (tertiary/aromatic N) is 3. The van der Waals surface area contributed by atoms with E-state index >= 15 is 52.7 Å².